The van der Waals surface area contributed by atoms with Crippen molar-refractivity contribution < 1.29 is 22.7 Å². The van der Waals surface area contributed by atoms with E-state index < -0.39 is 34.1 Å². The van der Waals surface area contributed by atoms with Crippen molar-refractivity contribution in [2.24, 2.45) is 0 Å². The summed E-state index contributed by atoms with van der Waals surface area (Å²) in [5.74, 6) is -1.41. The number of anilines is 1. The maximum absolute atomic E-state index is 12.5. The Morgan fingerprint density at radius 2 is 1.69 bits per heavy atom. The summed E-state index contributed by atoms with van der Waals surface area (Å²) in [7, 11) is -3.60. The Morgan fingerprint density at radius 3 is 2.34 bits per heavy atom. The zero-order valence-corrected chi connectivity index (χ0v) is 18.4. The van der Waals surface area contributed by atoms with Crippen LogP contribution in [0.2, 0.25) is 0 Å². The van der Waals surface area contributed by atoms with Gasteiger partial charge in [0.25, 0.3) is 5.91 Å². The van der Waals surface area contributed by atoms with Gasteiger partial charge in [-0.1, -0.05) is 32.0 Å². The molecule has 168 valence electrons. The predicted octanol–water partition coefficient (Wildman–Crippen LogP) is 2.35. The number of ether oxygens (including phenoxy) is 1. The summed E-state index contributed by atoms with van der Waals surface area (Å²) >= 11 is 0. The van der Waals surface area contributed by atoms with Crippen LogP contribution in [0.4, 0.5) is 5.69 Å². The van der Waals surface area contributed by atoms with E-state index in [2.05, 4.69) is 10.3 Å². The molecule has 9 nitrogen and oxygen atoms in total. The molecule has 2 aromatic carbocycles. The van der Waals surface area contributed by atoms with E-state index in [1.54, 1.807) is 38.1 Å². The lowest BCUT2D eigenvalue weighted by Gasteiger charge is -2.18. The molecule has 0 saturated carbocycles. The highest BCUT2D eigenvalue weighted by Crippen LogP contribution is 2.19. The molecule has 0 bridgehead atoms. The zero-order valence-electron chi connectivity index (χ0n) is 17.6. The van der Waals surface area contributed by atoms with Crippen LogP contribution in [-0.4, -0.2) is 49.3 Å². The molecule has 0 spiro atoms. The summed E-state index contributed by atoms with van der Waals surface area (Å²) < 4.78 is 31.4. The molecule has 10 heteroatoms. The van der Waals surface area contributed by atoms with Gasteiger partial charge >= 0.3 is 5.97 Å². The van der Waals surface area contributed by atoms with Crippen LogP contribution in [-0.2, 0) is 19.6 Å². The number of nitrogens with zero attached hydrogens (tertiary/aromatic N) is 1. The molecule has 0 aliphatic carbocycles. The van der Waals surface area contributed by atoms with Crippen molar-refractivity contribution in [2.75, 3.05) is 25.0 Å². The van der Waals surface area contributed by atoms with Crippen molar-refractivity contribution in [3.05, 3.63) is 70.5 Å². The highest BCUT2D eigenvalue weighted by atomic mass is 32.2. The first kappa shape index (κ1) is 23.2. The van der Waals surface area contributed by atoms with Gasteiger partial charge in [-0.05, 0) is 30.3 Å². The molecule has 0 atom stereocenters. The van der Waals surface area contributed by atoms with E-state index in [4.69, 9.17) is 4.74 Å². The summed E-state index contributed by atoms with van der Waals surface area (Å²) in [6.07, 6.45) is 0. The molecule has 3 rings (SSSR count). The Hall–Kier alpha value is -3.50. The van der Waals surface area contributed by atoms with Crippen molar-refractivity contribution in [3.63, 3.8) is 0 Å². The van der Waals surface area contributed by atoms with Gasteiger partial charge in [0.15, 0.2) is 6.61 Å². The zero-order chi connectivity index (χ0) is 23.3. The molecule has 0 aliphatic rings. The number of hydrogen-bond donors (Lipinski definition) is 2. The molecule has 0 aliphatic heterocycles. The number of carbonyl (C=O) groups is 2. The predicted molar refractivity (Wildman–Crippen MR) is 120 cm³/mol. The average molecular weight is 458 g/mol. The van der Waals surface area contributed by atoms with E-state index in [-0.39, 0.29) is 10.5 Å². The number of para-hydroxylation sites is 1. The summed E-state index contributed by atoms with van der Waals surface area (Å²) in [4.78, 5) is 39.1. The number of nitrogens with one attached hydrogen (secondary N) is 2. The van der Waals surface area contributed by atoms with Crippen molar-refractivity contribution in [1.29, 1.82) is 0 Å². The van der Waals surface area contributed by atoms with Crippen molar-refractivity contribution in [3.8, 4) is 0 Å². The first-order chi connectivity index (χ1) is 15.3. The van der Waals surface area contributed by atoms with Crippen LogP contribution in [0.15, 0.2) is 64.3 Å². The normalized spacial score (nSPS) is 11.5. The van der Waals surface area contributed by atoms with Crippen LogP contribution in [0, 0.1) is 0 Å². The number of amides is 1. The van der Waals surface area contributed by atoms with Gasteiger partial charge in [0.1, 0.15) is 0 Å². The number of aromatic amines is 1. The van der Waals surface area contributed by atoms with E-state index in [0.29, 0.717) is 29.7 Å². The molecule has 32 heavy (non-hydrogen) atoms. The molecule has 2 N–H and O–H groups in total. The number of aromatic nitrogens is 1. The number of carbonyl (C=O) groups excluding carboxylic acids is 2. The standard InChI is InChI=1S/C22H23N3O6S/c1-3-25(4-2)32(29,30)16-11-9-15(10-12-16)23-21(27)14-31-22(28)18-13-20(26)24-19-8-6-5-7-17(18)19/h5-13H,3-4,14H2,1-2H3,(H,23,27)(H,24,26). The highest BCUT2D eigenvalue weighted by molar-refractivity contribution is 7.89. The van der Waals surface area contributed by atoms with Crippen LogP contribution in [0.25, 0.3) is 10.9 Å². The van der Waals surface area contributed by atoms with Crippen LogP contribution in [0.5, 0.6) is 0 Å². The summed E-state index contributed by atoms with van der Waals surface area (Å²) in [5.41, 5.74) is 0.435. The van der Waals surface area contributed by atoms with Gasteiger partial charge in [0, 0.05) is 35.7 Å². The van der Waals surface area contributed by atoms with Gasteiger partial charge in [-0.25, -0.2) is 13.2 Å². The number of sulfonamides is 1. The molecule has 3 aromatic rings. The van der Waals surface area contributed by atoms with Crippen LogP contribution < -0.4 is 10.9 Å². The van der Waals surface area contributed by atoms with Crippen molar-refractivity contribution in [2.45, 2.75) is 18.7 Å². The van der Waals surface area contributed by atoms with Crippen molar-refractivity contribution >= 4 is 38.5 Å². The SMILES string of the molecule is CCN(CC)S(=O)(=O)c1ccc(NC(=O)COC(=O)c2cc(=O)[nH]c3ccccc23)cc1. The van der Waals surface area contributed by atoms with Gasteiger partial charge < -0.3 is 15.0 Å². The minimum atomic E-state index is -3.60. The van der Waals surface area contributed by atoms with Crippen LogP contribution in [0.3, 0.4) is 0 Å². The molecule has 1 amide bonds. The van der Waals surface area contributed by atoms with Gasteiger partial charge in [0.05, 0.1) is 10.5 Å². The van der Waals surface area contributed by atoms with E-state index in [1.807, 2.05) is 0 Å². The smallest absolute Gasteiger partial charge is 0.339 e. The Labute approximate surface area is 185 Å². The number of hydrogen-bond acceptors (Lipinski definition) is 6. The number of pyridine rings is 1. The average Bonchev–Trinajstić information content (AvgIpc) is 2.78. The Morgan fingerprint density at radius 1 is 1.03 bits per heavy atom. The third-order valence-corrected chi connectivity index (χ3v) is 6.85. The quantitative estimate of drug-likeness (QED) is 0.500. The summed E-state index contributed by atoms with van der Waals surface area (Å²) in [6, 6.07) is 13.6. The monoisotopic (exact) mass is 457 g/mol. The van der Waals surface area contributed by atoms with Crippen molar-refractivity contribution in [1.82, 2.24) is 9.29 Å². The molecular weight excluding hydrogens is 434 g/mol. The number of benzene rings is 2. The molecule has 1 aromatic heterocycles. The summed E-state index contributed by atoms with van der Waals surface area (Å²) in [5, 5.41) is 3.04. The lowest BCUT2D eigenvalue weighted by atomic mass is 10.1. The lowest BCUT2D eigenvalue weighted by molar-refractivity contribution is -0.119. The largest absolute Gasteiger partial charge is 0.452 e. The second kappa shape index (κ2) is 9.75. The fraction of sp³-hybridized carbons (Fsp3) is 0.227. The Kier molecular flexibility index (Phi) is 7.06. The topological polar surface area (TPSA) is 126 Å². The molecule has 0 unspecified atom stereocenters. The minimum Gasteiger partial charge on any atom is -0.452 e. The number of fused-ring (bicyclic) bond motifs is 1. The first-order valence-electron chi connectivity index (χ1n) is 9.95. The second-order valence-electron chi connectivity index (χ2n) is 6.83. The van der Waals surface area contributed by atoms with Gasteiger partial charge in [-0.15, -0.1) is 0 Å². The fourth-order valence-electron chi connectivity index (χ4n) is 3.20. The molecule has 1 heterocycles. The third-order valence-electron chi connectivity index (χ3n) is 4.79. The van der Waals surface area contributed by atoms with E-state index >= 15 is 0 Å². The van der Waals surface area contributed by atoms with Crippen LogP contribution in [0.1, 0.15) is 24.2 Å². The lowest BCUT2D eigenvalue weighted by Crippen LogP contribution is -2.30. The minimum absolute atomic E-state index is 0.0584. The number of esters is 1. The fourth-order valence-corrected chi connectivity index (χ4v) is 4.66. The van der Waals surface area contributed by atoms with Crippen LogP contribution >= 0.6 is 0 Å². The Bertz CT molecular complexity index is 1300. The first-order valence-corrected chi connectivity index (χ1v) is 11.4. The molecule has 0 fully saturated rings. The molecule has 0 saturated heterocycles. The number of rotatable bonds is 8. The Balaban J connectivity index is 1.65. The molecular formula is C22H23N3O6S. The highest BCUT2D eigenvalue weighted by Gasteiger charge is 2.21. The third kappa shape index (κ3) is 5.04. The maximum atomic E-state index is 12.5. The van der Waals surface area contributed by atoms with Gasteiger partial charge in [-0.3, -0.25) is 9.59 Å². The van der Waals surface area contributed by atoms with E-state index in [0.717, 1.165) is 6.07 Å². The maximum Gasteiger partial charge on any atom is 0.339 e. The van der Waals surface area contributed by atoms with E-state index in [9.17, 15) is 22.8 Å². The van der Waals surface area contributed by atoms with Gasteiger partial charge in [0.2, 0.25) is 15.6 Å². The second-order valence-corrected chi connectivity index (χ2v) is 8.77. The molecule has 0 radical (unpaired) electrons. The number of H-pyrrole nitrogens is 1. The van der Waals surface area contributed by atoms with E-state index in [1.165, 1.54) is 28.6 Å². The summed E-state index contributed by atoms with van der Waals surface area (Å²) in [6.45, 7) is 3.65. The van der Waals surface area contributed by atoms with Gasteiger partial charge in [-0.2, -0.15) is 4.31 Å².